The van der Waals surface area contributed by atoms with Gasteiger partial charge in [0, 0.05) is 6.54 Å². The van der Waals surface area contributed by atoms with Crippen LogP contribution in [0.4, 0.5) is 0 Å². The molecule has 1 fully saturated rings. The molecule has 1 amide bonds. The second-order valence-corrected chi connectivity index (χ2v) is 4.16. The molecule has 0 bridgehead atoms. The molecule has 2 atom stereocenters. The van der Waals surface area contributed by atoms with Crippen molar-refractivity contribution in [3.63, 3.8) is 0 Å². The molecule has 0 aromatic carbocycles. The van der Waals surface area contributed by atoms with Crippen LogP contribution in [0.25, 0.3) is 0 Å². The van der Waals surface area contributed by atoms with E-state index in [2.05, 4.69) is 5.32 Å². The zero-order valence-corrected chi connectivity index (χ0v) is 9.16. The zero-order valence-electron chi connectivity index (χ0n) is 9.16. The summed E-state index contributed by atoms with van der Waals surface area (Å²) in [4.78, 5) is 13.6. The van der Waals surface area contributed by atoms with Crippen molar-refractivity contribution in [3.8, 4) is 0 Å². The fourth-order valence-electron chi connectivity index (χ4n) is 1.97. The summed E-state index contributed by atoms with van der Waals surface area (Å²) in [7, 11) is 1.80. The van der Waals surface area contributed by atoms with Gasteiger partial charge in [0.25, 0.3) is 0 Å². The van der Waals surface area contributed by atoms with Crippen LogP contribution in [-0.2, 0) is 4.79 Å². The Labute approximate surface area is 85.3 Å². The van der Waals surface area contributed by atoms with E-state index in [9.17, 15) is 9.90 Å². The van der Waals surface area contributed by atoms with E-state index < -0.39 is 0 Å². The molecule has 0 aromatic heterocycles. The molecular weight excluding hydrogens is 180 g/mol. The van der Waals surface area contributed by atoms with Crippen molar-refractivity contribution >= 4 is 5.91 Å². The number of aliphatic hydroxyl groups is 1. The van der Waals surface area contributed by atoms with E-state index in [0.29, 0.717) is 5.92 Å². The van der Waals surface area contributed by atoms with Crippen molar-refractivity contribution in [1.29, 1.82) is 0 Å². The third-order valence-corrected chi connectivity index (χ3v) is 2.95. The average molecular weight is 200 g/mol. The Bertz CT molecular complexity index is 206. The van der Waals surface area contributed by atoms with Crippen LogP contribution < -0.4 is 5.32 Å². The van der Waals surface area contributed by atoms with Gasteiger partial charge in [-0.1, -0.05) is 13.8 Å². The molecule has 0 aromatic rings. The number of nitrogens with zero attached hydrogens (tertiary/aromatic N) is 1. The maximum absolute atomic E-state index is 11.8. The van der Waals surface area contributed by atoms with E-state index in [-0.39, 0.29) is 24.6 Å². The summed E-state index contributed by atoms with van der Waals surface area (Å²) in [5.41, 5.74) is 0. The number of nitrogens with one attached hydrogen (secondary N) is 1. The summed E-state index contributed by atoms with van der Waals surface area (Å²) in [5.74, 6) is 0.430. The highest BCUT2D eigenvalue weighted by Gasteiger charge is 2.35. The van der Waals surface area contributed by atoms with Crippen molar-refractivity contribution in [2.75, 3.05) is 20.2 Å². The summed E-state index contributed by atoms with van der Waals surface area (Å²) in [6.45, 7) is 4.87. The second-order valence-electron chi connectivity index (χ2n) is 4.16. The number of likely N-dealkylation sites (tertiary alicyclic amines) is 1. The number of hydrogen-bond acceptors (Lipinski definition) is 3. The van der Waals surface area contributed by atoms with E-state index in [4.69, 9.17) is 0 Å². The predicted octanol–water partition coefficient (Wildman–Crippen LogP) is -0.176. The number of carbonyl (C=O) groups excluding carboxylic acids is 1. The van der Waals surface area contributed by atoms with Gasteiger partial charge in [-0.3, -0.25) is 4.79 Å². The molecule has 0 aliphatic carbocycles. The van der Waals surface area contributed by atoms with Gasteiger partial charge in [-0.2, -0.15) is 0 Å². The molecule has 1 saturated heterocycles. The minimum Gasteiger partial charge on any atom is -0.394 e. The Kier molecular flexibility index (Phi) is 3.89. The van der Waals surface area contributed by atoms with Crippen LogP contribution in [0.3, 0.4) is 0 Å². The Morgan fingerprint density at radius 1 is 1.64 bits per heavy atom. The largest absolute Gasteiger partial charge is 0.394 e. The average Bonchev–Trinajstić information content (AvgIpc) is 2.49. The maximum atomic E-state index is 11.8. The highest BCUT2D eigenvalue weighted by Crippen LogP contribution is 2.18. The molecule has 2 N–H and O–H groups in total. The third kappa shape index (κ3) is 2.07. The Hall–Kier alpha value is -0.610. The summed E-state index contributed by atoms with van der Waals surface area (Å²) in [5, 5.41) is 12.2. The van der Waals surface area contributed by atoms with E-state index >= 15 is 0 Å². The molecule has 1 rings (SSSR count). The Morgan fingerprint density at radius 2 is 2.29 bits per heavy atom. The lowest BCUT2D eigenvalue weighted by molar-refractivity contribution is -0.133. The van der Waals surface area contributed by atoms with E-state index in [1.54, 1.807) is 11.9 Å². The number of likely N-dealkylation sites (N-methyl/N-ethyl adjacent to an activating group) is 1. The fourth-order valence-corrected chi connectivity index (χ4v) is 1.97. The molecule has 0 radical (unpaired) electrons. The number of carbonyl (C=O) groups is 1. The van der Waals surface area contributed by atoms with Crippen molar-refractivity contribution in [1.82, 2.24) is 10.2 Å². The van der Waals surface area contributed by atoms with Gasteiger partial charge in [-0.25, -0.2) is 0 Å². The molecule has 0 spiro atoms. The molecule has 82 valence electrons. The van der Waals surface area contributed by atoms with Crippen LogP contribution in [0.2, 0.25) is 0 Å². The van der Waals surface area contributed by atoms with Gasteiger partial charge in [0.2, 0.25) is 5.91 Å². The van der Waals surface area contributed by atoms with Crippen LogP contribution in [0.5, 0.6) is 0 Å². The molecule has 1 aliphatic heterocycles. The van der Waals surface area contributed by atoms with Crippen LogP contribution >= 0.6 is 0 Å². The van der Waals surface area contributed by atoms with Gasteiger partial charge in [0.05, 0.1) is 18.7 Å². The van der Waals surface area contributed by atoms with E-state index in [0.717, 1.165) is 13.0 Å². The van der Waals surface area contributed by atoms with Gasteiger partial charge in [0.1, 0.15) is 0 Å². The number of hydrogen-bond donors (Lipinski definition) is 2. The quantitative estimate of drug-likeness (QED) is 0.662. The number of amides is 1. The van der Waals surface area contributed by atoms with Crippen LogP contribution in [0.15, 0.2) is 0 Å². The zero-order chi connectivity index (χ0) is 10.7. The molecule has 1 aliphatic rings. The molecule has 14 heavy (non-hydrogen) atoms. The topological polar surface area (TPSA) is 52.6 Å². The van der Waals surface area contributed by atoms with Crippen LogP contribution in [0, 0.1) is 5.92 Å². The summed E-state index contributed by atoms with van der Waals surface area (Å²) >= 11 is 0. The van der Waals surface area contributed by atoms with Crippen LogP contribution in [-0.4, -0.2) is 48.2 Å². The minimum absolute atomic E-state index is 0.0270. The van der Waals surface area contributed by atoms with Gasteiger partial charge in [0.15, 0.2) is 0 Å². The minimum atomic E-state index is -0.0530. The number of aliphatic hydroxyl groups excluding tert-OH is 1. The first-order valence-corrected chi connectivity index (χ1v) is 5.20. The van der Waals surface area contributed by atoms with Gasteiger partial charge >= 0.3 is 0 Å². The second kappa shape index (κ2) is 4.75. The van der Waals surface area contributed by atoms with Gasteiger partial charge < -0.3 is 15.3 Å². The van der Waals surface area contributed by atoms with Crippen molar-refractivity contribution < 1.29 is 9.90 Å². The summed E-state index contributed by atoms with van der Waals surface area (Å²) in [6, 6.07) is -0.0800. The summed E-state index contributed by atoms with van der Waals surface area (Å²) < 4.78 is 0. The Balaban J connectivity index is 2.65. The highest BCUT2D eigenvalue weighted by atomic mass is 16.3. The van der Waals surface area contributed by atoms with Gasteiger partial charge in [-0.15, -0.1) is 0 Å². The van der Waals surface area contributed by atoms with Crippen molar-refractivity contribution in [3.05, 3.63) is 0 Å². The van der Waals surface area contributed by atoms with E-state index in [1.807, 2.05) is 13.8 Å². The Morgan fingerprint density at radius 3 is 2.64 bits per heavy atom. The normalized spacial score (nSPS) is 24.8. The van der Waals surface area contributed by atoms with E-state index in [1.165, 1.54) is 0 Å². The monoisotopic (exact) mass is 200 g/mol. The molecule has 4 nitrogen and oxygen atoms in total. The highest BCUT2D eigenvalue weighted by molar-refractivity contribution is 5.84. The standard InChI is InChI=1S/C10H20N2O2/c1-7(2)9(6-13)12-5-4-8(11-3)10(12)14/h7-9,11,13H,4-6H2,1-3H3. The third-order valence-electron chi connectivity index (χ3n) is 2.95. The van der Waals surface area contributed by atoms with Crippen molar-refractivity contribution in [2.24, 2.45) is 5.92 Å². The number of rotatable bonds is 4. The van der Waals surface area contributed by atoms with Gasteiger partial charge in [-0.05, 0) is 19.4 Å². The first-order valence-electron chi connectivity index (χ1n) is 5.20. The molecular formula is C10H20N2O2. The lowest BCUT2D eigenvalue weighted by Crippen LogP contribution is -2.45. The molecule has 2 unspecified atom stereocenters. The molecule has 4 heteroatoms. The smallest absolute Gasteiger partial charge is 0.240 e. The predicted molar refractivity (Wildman–Crippen MR) is 54.9 cm³/mol. The molecule has 0 saturated carbocycles. The lowest BCUT2D eigenvalue weighted by atomic mass is 10.0. The maximum Gasteiger partial charge on any atom is 0.240 e. The van der Waals surface area contributed by atoms with Crippen LogP contribution in [0.1, 0.15) is 20.3 Å². The first-order chi connectivity index (χ1) is 6.61. The fraction of sp³-hybridized carbons (Fsp3) is 0.900. The lowest BCUT2D eigenvalue weighted by Gasteiger charge is -2.29. The van der Waals surface area contributed by atoms with Crippen molar-refractivity contribution in [2.45, 2.75) is 32.4 Å². The summed E-state index contributed by atoms with van der Waals surface area (Å²) in [6.07, 6.45) is 0.846. The first kappa shape index (κ1) is 11.5. The molecule has 1 heterocycles. The SMILES string of the molecule is CNC1CCN(C(CO)C(C)C)C1=O.